The summed E-state index contributed by atoms with van der Waals surface area (Å²) >= 11 is 0. The molecule has 1 aromatic heterocycles. The van der Waals surface area contributed by atoms with E-state index in [1.807, 2.05) is 0 Å². The summed E-state index contributed by atoms with van der Waals surface area (Å²) in [5, 5.41) is 2.97. The molecule has 1 heterocycles. The lowest BCUT2D eigenvalue weighted by Crippen LogP contribution is -2.13. The Hall–Kier alpha value is -2.89. The highest BCUT2D eigenvalue weighted by Gasteiger charge is 2.05. The third-order valence-electron chi connectivity index (χ3n) is 2.42. The van der Waals surface area contributed by atoms with Crippen molar-refractivity contribution in [3.8, 4) is 0 Å². The molecule has 6 nitrogen and oxygen atoms in total. The van der Waals surface area contributed by atoms with Gasteiger partial charge in [0.05, 0.1) is 0 Å². The monoisotopic (exact) mass is 256 g/mol. The number of benzene rings is 1. The summed E-state index contributed by atoms with van der Waals surface area (Å²) in [6, 6.07) is 11.5. The molecule has 0 bridgehead atoms. The van der Waals surface area contributed by atoms with Gasteiger partial charge in [0, 0.05) is 11.3 Å². The summed E-state index contributed by atoms with van der Waals surface area (Å²) in [6.07, 6.45) is 0. The molecule has 96 valence electrons. The molecule has 6 heteroatoms. The van der Waals surface area contributed by atoms with E-state index in [1.54, 1.807) is 36.4 Å². The molecule has 0 aliphatic rings. The number of anilines is 2. The number of nitrogens with zero attached hydrogens (tertiary/aromatic N) is 1. The molecule has 0 radical (unpaired) electrons. The highest BCUT2D eigenvalue weighted by Crippen LogP contribution is 2.16. The van der Waals surface area contributed by atoms with Crippen LogP contribution >= 0.6 is 0 Å². The number of aromatic nitrogens is 1. The van der Waals surface area contributed by atoms with Crippen molar-refractivity contribution in [2.75, 3.05) is 5.32 Å². The Morgan fingerprint density at radius 2 is 1.74 bits per heavy atom. The molecule has 2 aromatic rings. The van der Waals surface area contributed by atoms with Crippen LogP contribution in [0.1, 0.15) is 20.8 Å². The Labute approximate surface area is 109 Å². The molecule has 0 fully saturated rings. The molecule has 2 amide bonds. The average molecular weight is 256 g/mol. The second kappa shape index (κ2) is 5.18. The molecule has 0 aliphatic heterocycles. The van der Waals surface area contributed by atoms with Crippen LogP contribution in [0.4, 0.5) is 11.5 Å². The minimum Gasteiger partial charge on any atom is -0.366 e. The van der Waals surface area contributed by atoms with Crippen molar-refractivity contribution in [3.05, 3.63) is 53.7 Å². The Bertz CT molecular complexity index is 585. The van der Waals surface area contributed by atoms with Crippen molar-refractivity contribution in [1.82, 2.24) is 4.98 Å². The topological polar surface area (TPSA) is 111 Å². The lowest BCUT2D eigenvalue weighted by Gasteiger charge is -2.07. The Morgan fingerprint density at radius 3 is 2.42 bits per heavy atom. The molecule has 19 heavy (non-hydrogen) atoms. The molecule has 1 aromatic carbocycles. The van der Waals surface area contributed by atoms with Gasteiger partial charge >= 0.3 is 0 Å². The minimum absolute atomic E-state index is 0.163. The normalized spacial score (nSPS) is 9.89. The van der Waals surface area contributed by atoms with E-state index >= 15 is 0 Å². The van der Waals surface area contributed by atoms with Gasteiger partial charge in [-0.15, -0.1) is 0 Å². The van der Waals surface area contributed by atoms with Crippen molar-refractivity contribution in [1.29, 1.82) is 0 Å². The Balaban J connectivity index is 2.26. The van der Waals surface area contributed by atoms with Crippen LogP contribution in [0.5, 0.6) is 0 Å². The van der Waals surface area contributed by atoms with Gasteiger partial charge in [-0.2, -0.15) is 0 Å². The fourth-order valence-electron chi connectivity index (χ4n) is 1.54. The number of primary amides is 2. The first-order valence-corrected chi connectivity index (χ1v) is 5.50. The van der Waals surface area contributed by atoms with Crippen LogP contribution < -0.4 is 16.8 Å². The molecular formula is C13H12N4O2. The molecule has 0 saturated heterocycles. The van der Waals surface area contributed by atoms with Crippen LogP contribution in [0.15, 0.2) is 42.5 Å². The van der Waals surface area contributed by atoms with E-state index in [4.69, 9.17) is 11.5 Å². The molecule has 0 atom stereocenters. The first-order chi connectivity index (χ1) is 9.06. The van der Waals surface area contributed by atoms with E-state index < -0.39 is 11.8 Å². The maximum absolute atomic E-state index is 11.1. The number of carbonyl (C=O) groups excluding carboxylic acids is 2. The summed E-state index contributed by atoms with van der Waals surface area (Å²) in [7, 11) is 0. The minimum atomic E-state index is -0.602. The Kier molecular flexibility index (Phi) is 3.42. The van der Waals surface area contributed by atoms with Crippen molar-refractivity contribution in [2.24, 2.45) is 11.5 Å². The van der Waals surface area contributed by atoms with Crippen LogP contribution in [0.3, 0.4) is 0 Å². The smallest absolute Gasteiger partial charge is 0.267 e. The fourth-order valence-corrected chi connectivity index (χ4v) is 1.54. The van der Waals surface area contributed by atoms with E-state index in [0.717, 1.165) is 0 Å². The van der Waals surface area contributed by atoms with Gasteiger partial charge in [0.25, 0.3) is 5.91 Å². The summed E-state index contributed by atoms with van der Waals surface area (Å²) < 4.78 is 0. The number of carbonyl (C=O) groups is 2. The van der Waals surface area contributed by atoms with Crippen molar-refractivity contribution in [2.45, 2.75) is 0 Å². The number of nitrogens with two attached hydrogens (primary N) is 2. The quantitative estimate of drug-likeness (QED) is 0.758. The number of amides is 2. The van der Waals surface area contributed by atoms with E-state index in [0.29, 0.717) is 17.1 Å². The number of rotatable bonds is 4. The van der Waals surface area contributed by atoms with Crippen LogP contribution in [-0.2, 0) is 0 Å². The molecule has 0 spiro atoms. The number of hydrogen-bond acceptors (Lipinski definition) is 4. The summed E-state index contributed by atoms with van der Waals surface area (Å²) in [5.74, 6) is -0.657. The van der Waals surface area contributed by atoms with E-state index in [9.17, 15) is 9.59 Å². The lowest BCUT2D eigenvalue weighted by molar-refractivity contribution is 0.0989. The largest absolute Gasteiger partial charge is 0.366 e. The first kappa shape index (κ1) is 12.6. The maximum atomic E-state index is 11.1. The van der Waals surface area contributed by atoms with Gasteiger partial charge in [-0.3, -0.25) is 9.59 Å². The van der Waals surface area contributed by atoms with Crippen molar-refractivity contribution in [3.63, 3.8) is 0 Å². The van der Waals surface area contributed by atoms with Crippen LogP contribution in [0.2, 0.25) is 0 Å². The van der Waals surface area contributed by atoms with Gasteiger partial charge < -0.3 is 16.8 Å². The van der Waals surface area contributed by atoms with Gasteiger partial charge in [0.2, 0.25) is 5.91 Å². The predicted molar refractivity (Wildman–Crippen MR) is 71.0 cm³/mol. The van der Waals surface area contributed by atoms with Crippen LogP contribution in [-0.4, -0.2) is 16.8 Å². The summed E-state index contributed by atoms with van der Waals surface area (Å²) in [5.41, 5.74) is 11.5. The maximum Gasteiger partial charge on any atom is 0.267 e. The highest BCUT2D eigenvalue weighted by molar-refractivity contribution is 5.94. The molecule has 5 N–H and O–H groups in total. The van der Waals surface area contributed by atoms with Crippen molar-refractivity contribution >= 4 is 23.3 Å². The van der Waals surface area contributed by atoms with Gasteiger partial charge in [-0.05, 0) is 30.3 Å². The van der Waals surface area contributed by atoms with E-state index in [2.05, 4.69) is 10.3 Å². The second-order valence-electron chi connectivity index (χ2n) is 3.84. The fraction of sp³-hybridized carbons (Fsp3) is 0. The lowest BCUT2D eigenvalue weighted by atomic mass is 10.2. The third-order valence-corrected chi connectivity index (χ3v) is 2.42. The van der Waals surface area contributed by atoms with Gasteiger partial charge in [-0.25, -0.2) is 4.98 Å². The van der Waals surface area contributed by atoms with Crippen LogP contribution in [0.25, 0.3) is 0 Å². The zero-order valence-electron chi connectivity index (χ0n) is 9.96. The van der Waals surface area contributed by atoms with Crippen LogP contribution in [0, 0.1) is 0 Å². The van der Waals surface area contributed by atoms with Gasteiger partial charge in [0.15, 0.2) is 0 Å². The summed E-state index contributed by atoms with van der Waals surface area (Å²) in [4.78, 5) is 26.1. The average Bonchev–Trinajstić information content (AvgIpc) is 2.39. The van der Waals surface area contributed by atoms with E-state index in [1.165, 1.54) is 6.07 Å². The summed E-state index contributed by atoms with van der Waals surface area (Å²) in [6.45, 7) is 0. The van der Waals surface area contributed by atoms with Gasteiger partial charge in [-0.1, -0.05) is 12.1 Å². The molecule has 0 unspecified atom stereocenters. The van der Waals surface area contributed by atoms with E-state index in [-0.39, 0.29) is 5.69 Å². The zero-order valence-corrected chi connectivity index (χ0v) is 9.96. The Morgan fingerprint density at radius 1 is 1.00 bits per heavy atom. The molecule has 0 saturated carbocycles. The SMILES string of the molecule is NC(=O)c1cccc(Nc2cccc(C(N)=O)n2)c1. The highest BCUT2D eigenvalue weighted by atomic mass is 16.1. The molecule has 0 aliphatic carbocycles. The third kappa shape index (κ3) is 3.06. The number of pyridine rings is 1. The van der Waals surface area contributed by atoms with Gasteiger partial charge in [0.1, 0.15) is 11.5 Å². The molecular weight excluding hydrogens is 244 g/mol. The molecule has 2 rings (SSSR count). The first-order valence-electron chi connectivity index (χ1n) is 5.50. The zero-order chi connectivity index (χ0) is 13.8. The predicted octanol–water partition coefficient (Wildman–Crippen LogP) is 1.02. The van der Waals surface area contributed by atoms with Crippen molar-refractivity contribution < 1.29 is 9.59 Å². The second-order valence-corrected chi connectivity index (χ2v) is 3.84. The standard InChI is InChI=1S/C13H12N4O2/c14-12(18)8-3-1-4-9(7-8)16-11-6-2-5-10(17-11)13(15)19/h1-7H,(H2,14,18)(H2,15,19)(H,16,17). The number of hydrogen-bond donors (Lipinski definition) is 3. The number of nitrogens with one attached hydrogen (secondary N) is 1.